The minimum Gasteiger partial charge on any atom is -0.339 e. The van der Waals surface area contributed by atoms with Crippen LogP contribution in [0.5, 0.6) is 0 Å². The van der Waals surface area contributed by atoms with Crippen molar-refractivity contribution in [3.05, 3.63) is 53.6 Å². The summed E-state index contributed by atoms with van der Waals surface area (Å²) in [7, 11) is 0. The average molecular weight is 334 g/mol. The number of nitrogens with zero attached hydrogens (tertiary/aromatic N) is 4. The second kappa shape index (κ2) is 6.97. The molecular formula is C20H22N4O. The zero-order chi connectivity index (χ0) is 18.0. The van der Waals surface area contributed by atoms with Crippen LogP contribution in [0.15, 0.2) is 36.9 Å². The number of aryl methyl sites for hydroxylation is 2. The number of benzene rings is 1. The molecular weight excluding hydrogens is 312 g/mol. The maximum absolute atomic E-state index is 13.1. The van der Waals surface area contributed by atoms with Crippen molar-refractivity contribution in [2.45, 2.75) is 27.7 Å². The molecule has 25 heavy (non-hydrogen) atoms. The van der Waals surface area contributed by atoms with E-state index in [1.165, 1.54) is 6.33 Å². The third-order valence-corrected chi connectivity index (χ3v) is 4.64. The maximum Gasteiger partial charge on any atom is 0.254 e. The molecule has 0 radical (unpaired) electrons. The quantitative estimate of drug-likeness (QED) is 0.728. The molecule has 3 rings (SSSR count). The summed E-state index contributed by atoms with van der Waals surface area (Å²) >= 11 is 0. The Kier molecular flexibility index (Phi) is 4.74. The number of fused-ring (bicyclic) bond motifs is 1. The summed E-state index contributed by atoms with van der Waals surface area (Å²) in [6.45, 7) is 9.43. The Labute approximate surface area is 147 Å². The van der Waals surface area contributed by atoms with Gasteiger partial charge in [-0.05, 0) is 44.9 Å². The van der Waals surface area contributed by atoms with Crippen LogP contribution in [-0.2, 0) is 0 Å². The molecule has 2 aromatic heterocycles. The van der Waals surface area contributed by atoms with Gasteiger partial charge in [0.25, 0.3) is 5.91 Å². The van der Waals surface area contributed by atoms with Gasteiger partial charge in [-0.1, -0.05) is 12.1 Å². The first kappa shape index (κ1) is 17.0. The van der Waals surface area contributed by atoms with Crippen molar-refractivity contribution in [2.75, 3.05) is 13.1 Å². The minimum absolute atomic E-state index is 0.0266. The third kappa shape index (κ3) is 3.09. The van der Waals surface area contributed by atoms with Gasteiger partial charge in [-0.15, -0.1) is 0 Å². The molecule has 5 nitrogen and oxygen atoms in total. The Morgan fingerprint density at radius 2 is 1.76 bits per heavy atom. The van der Waals surface area contributed by atoms with Crippen LogP contribution in [0.25, 0.3) is 22.2 Å². The van der Waals surface area contributed by atoms with Crippen molar-refractivity contribution < 1.29 is 4.79 Å². The smallest absolute Gasteiger partial charge is 0.254 e. The summed E-state index contributed by atoms with van der Waals surface area (Å²) in [5.74, 6) is 0.0266. The Morgan fingerprint density at radius 1 is 1.08 bits per heavy atom. The van der Waals surface area contributed by atoms with E-state index in [1.54, 1.807) is 12.4 Å². The molecule has 0 aliphatic heterocycles. The topological polar surface area (TPSA) is 59.0 Å². The van der Waals surface area contributed by atoms with Crippen LogP contribution in [-0.4, -0.2) is 38.8 Å². The van der Waals surface area contributed by atoms with Crippen molar-refractivity contribution in [3.63, 3.8) is 0 Å². The van der Waals surface area contributed by atoms with Gasteiger partial charge in [0.2, 0.25) is 0 Å². The first-order valence-corrected chi connectivity index (χ1v) is 8.52. The van der Waals surface area contributed by atoms with Gasteiger partial charge in [0.1, 0.15) is 6.33 Å². The second-order valence-electron chi connectivity index (χ2n) is 6.06. The SMILES string of the molecule is CCN(CC)C(=O)c1cc(-c2cncnc2)nc2c(C)c(C)ccc12. The van der Waals surface area contributed by atoms with E-state index in [4.69, 9.17) is 4.98 Å². The van der Waals surface area contributed by atoms with E-state index in [0.717, 1.165) is 33.3 Å². The van der Waals surface area contributed by atoms with Crippen molar-refractivity contribution in [3.8, 4) is 11.3 Å². The van der Waals surface area contributed by atoms with Crippen LogP contribution in [0.4, 0.5) is 0 Å². The predicted octanol–water partition coefficient (Wildman–Crippen LogP) is 3.79. The molecule has 0 saturated carbocycles. The number of rotatable bonds is 4. The van der Waals surface area contributed by atoms with Gasteiger partial charge in [-0.25, -0.2) is 15.0 Å². The highest BCUT2D eigenvalue weighted by Crippen LogP contribution is 2.28. The lowest BCUT2D eigenvalue weighted by Crippen LogP contribution is -2.30. The van der Waals surface area contributed by atoms with E-state index < -0.39 is 0 Å². The maximum atomic E-state index is 13.1. The van der Waals surface area contributed by atoms with Crippen molar-refractivity contribution in [2.24, 2.45) is 0 Å². The van der Waals surface area contributed by atoms with Crippen molar-refractivity contribution in [1.29, 1.82) is 0 Å². The number of aromatic nitrogens is 3. The zero-order valence-corrected chi connectivity index (χ0v) is 15.1. The van der Waals surface area contributed by atoms with Crippen LogP contribution < -0.4 is 0 Å². The van der Waals surface area contributed by atoms with Gasteiger partial charge in [0.05, 0.1) is 16.8 Å². The molecule has 1 amide bonds. The molecule has 0 unspecified atom stereocenters. The fourth-order valence-electron chi connectivity index (χ4n) is 2.97. The molecule has 3 aromatic rings. The summed E-state index contributed by atoms with van der Waals surface area (Å²) in [6.07, 6.45) is 4.93. The zero-order valence-electron chi connectivity index (χ0n) is 15.1. The van der Waals surface area contributed by atoms with Gasteiger partial charge < -0.3 is 4.90 Å². The van der Waals surface area contributed by atoms with Crippen LogP contribution in [0.3, 0.4) is 0 Å². The number of carbonyl (C=O) groups excluding carboxylic acids is 1. The Bertz CT molecular complexity index is 918. The molecule has 0 N–H and O–H groups in total. The van der Waals surface area contributed by atoms with E-state index in [0.29, 0.717) is 18.7 Å². The predicted molar refractivity (Wildman–Crippen MR) is 99.5 cm³/mol. The Balaban J connectivity index is 2.30. The largest absolute Gasteiger partial charge is 0.339 e. The first-order chi connectivity index (χ1) is 12.1. The highest BCUT2D eigenvalue weighted by Gasteiger charge is 2.19. The molecule has 0 atom stereocenters. The number of carbonyl (C=O) groups is 1. The highest BCUT2D eigenvalue weighted by atomic mass is 16.2. The van der Waals surface area contributed by atoms with Crippen molar-refractivity contribution in [1.82, 2.24) is 19.9 Å². The highest BCUT2D eigenvalue weighted by molar-refractivity contribution is 6.08. The summed E-state index contributed by atoms with van der Waals surface area (Å²) in [4.78, 5) is 27.9. The lowest BCUT2D eigenvalue weighted by molar-refractivity contribution is 0.0775. The van der Waals surface area contributed by atoms with Crippen LogP contribution in [0, 0.1) is 13.8 Å². The minimum atomic E-state index is 0.0266. The van der Waals surface area contributed by atoms with Gasteiger partial charge in [0, 0.05) is 36.4 Å². The van der Waals surface area contributed by atoms with Crippen molar-refractivity contribution >= 4 is 16.8 Å². The van der Waals surface area contributed by atoms with E-state index in [2.05, 4.69) is 16.9 Å². The van der Waals surface area contributed by atoms with Gasteiger partial charge in [0.15, 0.2) is 0 Å². The fourth-order valence-corrected chi connectivity index (χ4v) is 2.97. The lowest BCUT2D eigenvalue weighted by atomic mass is 9.99. The molecule has 0 aliphatic carbocycles. The van der Waals surface area contributed by atoms with E-state index in [1.807, 2.05) is 43.9 Å². The van der Waals surface area contributed by atoms with Gasteiger partial charge >= 0.3 is 0 Å². The molecule has 128 valence electrons. The van der Waals surface area contributed by atoms with Gasteiger partial charge in [-0.2, -0.15) is 0 Å². The summed E-state index contributed by atoms with van der Waals surface area (Å²) in [5, 5.41) is 0.889. The summed E-state index contributed by atoms with van der Waals surface area (Å²) in [6, 6.07) is 5.90. The molecule has 0 saturated heterocycles. The average Bonchev–Trinajstić information content (AvgIpc) is 2.65. The van der Waals surface area contributed by atoms with Crippen LogP contribution >= 0.6 is 0 Å². The number of pyridine rings is 1. The normalized spacial score (nSPS) is 10.9. The standard InChI is InChI=1S/C20H22N4O/c1-5-24(6-2)20(25)17-9-18(15-10-21-12-22-11-15)23-19-14(4)13(3)7-8-16(17)19/h7-12H,5-6H2,1-4H3. The van der Waals surface area contributed by atoms with Gasteiger partial charge in [-0.3, -0.25) is 4.79 Å². The van der Waals surface area contributed by atoms with E-state index in [-0.39, 0.29) is 5.91 Å². The van der Waals surface area contributed by atoms with Crippen LogP contribution in [0.2, 0.25) is 0 Å². The molecule has 5 heteroatoms. The molecule has 0 aliphatic rings. The Morgan fingerprint density at radius 3 is 2.40 bits per heavy atom. The second-order valence-corrected chi connectivity index (χ2v) is 6.06. The van der Waals surface area contributed by atoms with Crippen LogP contribution in [0.1, 0.15) is 35.3 Å². The molecule has 0 bridgehead atoms. The summed E-state index contributed by atoms with van der Waals surface area (Å²) in [5.41, 5.74) is 5.30. The molecule has 2 heterocycles. The molecule has 1 aromatic carbocycles. The van der Waals surface area contributed by atoms with E-state index in [9.17, 15) is 4.79 Å². The third-order valence-electron chi connectivity index (χ3n) is 4.64. The van der Waals surface area contributed by atoms with E-state index >= 15 is 0 Å². The number of amides is 1. The molecule has 0 spiro atoms. The number of hydrogen-bond acceptors (Lipinski definition) is 4. The molecule has 0 fully saturated rings. The summed E-state index contributed by atoms with van der Waals surface area (Å²) < 4.78 is 0. The Hall–Kier alpha value is -2.82. The lowest BCUT2D eigenvalue weighted by Gasteiger charge is -2.20. The first-order valence-electron chi connectivity index (χ1n) is 8.52. The number of hydrogen-bond donors (Lipinski definition) is 0. The fraction of sp³-hybridized carbons (Fsp3) is 0.300. The monoisotopic (exact) mass is 334 g/mol.